The number of nitriles is 1. The number of nitrogens with zero attached hydrogens (tertiary/aromatic N) is 2. The lowest BCUT2D eigenvalue weighted by Gasteiger charge is -2.23. The standard InChI is InChI=1S/C27H33N5/c1-16(2)25-22-13-20(19-8-10-29-11-9-19)6-7-24(22)32-26(25)21-12-17(3)31-27(23(21)14-28)30-15-18-4-5-18/h6-7,12-13,16,18-19,29,32H,4-5,8-11,15H2,1-3H3,(H,30,31). The van der Waals surface area contributed by atoms with Gasteiger partial charge in [-0.25, -0.2) is 4.98 Å². The Morgan fingerprint density at radius 3 is 2.62 bits per heavy atom. The summed E-state index contributed by atoms with van der Waals surface area (Å²) in [5.74, 6) is 2.40. The van der Waals surface area contributed by atoms with Crippen molar-refractivity contribution in [2.45, 2.75) is 58.3 Å². The Labute approximate surface area is 190 Å². The molecule has 1 saturated heterocycles. The smallest absolute Gasteiger partial charge is 0.144 e. The molecular weight excluding hydrogens is 394 g/mol. The number of hydrogen-bond acceptors (Lipinski definition) is 4. The Morgan fingerprint density at radius 2 is 1.94 bits per heavy atom. The molecule has 2 aromatic heterocycles. The van der Waals surface area contributed by atoms with Gasteiger partial charge in [-0.15, -0.1) is 0 Å². The third-order valence-corrected chi connectivity index (χ3v) is 7.03. The molecule has 1 aliphatic carbocycles. The van der Waals surface area contributed by atoms with Crippen molar-refractivity contribution in [3.05, 3.63) is 46.6 Å². The van der Waals surface area contributed by atoms with Gasteiger partial charge in [0.2, 0.25) is 0 Å². The molecule has 1 aliphatic heterocycles. The molecule has 5 heteroatoms. The lowest BCUT2D eigenvalue weighted by atomic mass is 9.88. The van der Waals surface area contributed by atoms with Gasteiger partial charge in [0.1, 0.15) is 17.5 Å². The van der Waals surface area contributed by atoms with Gasteiger partial charge >= 0.3 is 0 Å². The predicted molar refractivity (Wildman–Crippen MR) is 131 cm³/mol. The van der Waals surface area contributed by atoms with Gasteiger partial charge in [-0.1, -0.05) is 19.9 Å². The third-order valence-electron chi connectivity index (χ3n) is 7.03. The summed E-state index contributed by atoms with van der Waals surface area (Å²) >= 11 is 0. The zero-order chi connectivity index (χ0) is 22.2. The minimum absolute atomic E-state index is 0.338. The number of H-pyrrole nitrogens is 1. The molecule has 0 unspecified atom stereocenters. The van der Waals surface area contributed by atoms with Crippen molar-refractivity contribution in [3.63, 3.8) is 0 Å². The number of aryl methyl sites for hydroxylation is 1. The molecule has 32 heavy (non-hydrogen) atoms. The van der Waals surface area contributed by atoms with Crippen LogP contribution in [-0.2, 0) is 0 Å². The Balaban J connectivity index is 1.63. The predicted octanol–water partition coefficient (Wildman–Crippen LogP) is 5.82. The van der Waals surface area contributed by atoms with Crippen molar-refractivity contribution in [1.29, 1.82) is 5.26 Å². The summed E-state index contributed by atoms with van der Waals surface area (Å²) in [5, 5.41) is 18.3. The Bertz CT molecular complexity index is 1170. The highest BCUT2D eigenvalue weighted by Gasteiger charge is 2.25. The van der Waals surface area contributed by atoms with Crippen LogP contribution in [0.1, 0.15) is 73.8 Å². The first-order chi connectivity index (χ1) is 15.5. The second-order valence-electron chi connectivity index (χ2n) is 9.87. The third kappa shape index (κ3) is 4.00. The quantitative estimate of drug-likeness (QED) is 0.463. The van der Waals surface area contributed by atoms with E-state index in [0.29, 0.717) is 17.4 Å². The number of pyridine rings is 1. The number of piperidine rings is 1. The molecule has 1 aromatic carbocycles. The molecule has 5 rings (SSSR count). The van der Waals surface area contributed by atoms with Crippen LogP contribution in [0.15, 0.2) is 24.3 Å². The Morgan fingerprint density at radius 1 is 1.16 bits per heavy atom. The van der Waals surface area contributed by atoms with E-state index >= 15 is 0 Å². The lowest BCUT2D eigenvalue weighted by molar-refractivity contribution is 0.460. The lowest BCUT2D eigenvalue weighted by Crippen LogP contribution is -2.26. The summed E-state index contributed by atoms with van der Waals surface area (Å²) in [5.41, 5.74) is 7.47. The van der Waals surface area contributed by atoms with Gasteiger partial charge in [-0.05, 0) is 92.8 Å². The van der Waals surface area contributed by atoms with Crippen LogP contribution < -0.4 is 10.6 Å². The highest BCUT2D eigenvalue weighted by molar-refractivity contribution is 5.93. The van der Waals surface area contributed by atoms with Crippen LogP contribution >= 0.6 is 0 Å². The van der Waals surface area contributed by atoms with Crippen molar-refractivity contribution < 1.29 is 0 Å². The first-order valence-corrected chi connectivity index (χ1v) is 12.1. The van der Waals surface area contributed by atoms with E-state index in [-0.39, 0.29) is 0 Å². The minimum Gasteiger partial charge on any atom is -0.369 e. The van der Waals surface area contributed by atoms with Gasteiger partial charge in [0, 0.05) is 28.7 Å². The summed E-state index contributed by atoms with van der Waals surface area (Å²) in [6.07, 6.45) is 4.93. The van der Waals surface area contributed by atoms with Crippen LogP contribution in [0.25, 0.3) is 22.2 Å². The molecule has 3 N–H and O–H groups in total. The molecule has 0 bridgehead atoms. The van der Waals surface area contributed by atoms with E-state index in [9.17, 15) is 5.26 Å². The van der Waals surface area contributed by atoms with Gasteiger partial charge in [0.25, 0.3) is 0 Å². The second-order valence-corrected chi connectivity index (χ2v) is 9.87. The maximum atomic E-state index is 10.1. The van der Waals surface area contributed by atoms with E-state index in [4.69, 9.17) is 0 Å². The number of fused-ring (bicyclic) bond motifs is 1. The van der Waals surface area contributed by atoms with Crippen LogP contribution in [0, 0.1) is 24.2 Å². The van der Waals surface area contributed by atoms with Gasteiger partial charge in [-0.3, -0.25) is 0 Å². The van der Waals surface area contributed by atoms with Gasteiger partial charge < -0.3 is 15.6 Å². The number of aromatic amines is 1. The van der Waals surface area contributed by atoms with Crippen LogP contribution in [-0.4, -0.2) is 29.6 Å². The second kappa shape index (κ2) is 8.60. The molecule has 0 atom stereocenters. The fourth-order valence-electron chi connectivity index (χ4n) is 5.13. The summed E-state index contributed by atoms with van der Waals surface area (Å²) < 4.78 is 0. The summed E-state index contributed by atoms with van der Waals surface area (Å²) in [6.45, 7) is 9.59. The SMILES string of the molecule is Cc1cc(-c2[nH]c3ccc(C4CCNCC4)cc3c2C(C)C)c(C#N)c(NCC2CC2)n1. The number of rotatable bonds is 6. The highest BCUT2D eigenvalue weighted by atomic mass is 15.0. The first-order valence-electron chi connectivity index (χ1n) is 12.1. The maximum absolute atomic E-state index is 10.1. The average molecular weight is 428 g/mol. The largest absolute Gasteiger partial charge is 0.369 e. The minimum atomic E-state index is 0.338. The van der Waals surface area contributed by atoms with Crippen LogP contribution in [0.5, 0.6) is 0 Å². The van der Waals surface area contributed by atoms with Crippen LogP contribution in [0.4, 0.5) is 5.82 Å². The van der Waals surface area contributed by atoms with E-state index in [0.717, 1.165) is 53.8 Å². The van der Waals surface area contributed by atoms with Gasteiger partial charge in [0.15, 0.2) is 0 Å². The average Bonchev–Trinajstić information content (AvgIpc) is 3.55. The van der Waals surface area contributed by atoms with Crippen molar-refractivity contribution in [1.82, 2.24) is 15.3 Å². The Kier molecular flexibility index (Phi) is 5.65. The molecule has 2 aliphatic rings. The molecule has 0 spiro atoms. The summed E-state index contributed by atoms with van der Waals surface area (Å²) in [4.78, 5) is 8.36. The molecule has 5 nitrogen and oxygen atoms in total. The zero-order valence-electron chi connectivity index (χ0n) is 19.4. The Hall–Kier alpha value is -2.84. The van der Waals surface area contributed by atoms with Crippen molar-refractivity contribution in [2.75, 3.05) is 25.0 Å². The number of nitrogens with one attached hydrogen (secondary N) is 3. The zero-order valence-corrected chi connectivity index (χ0v) is 19.4. The van der Waals surface area contributed by atoms with Crippen molar-refractivity contribution in [3.8, 4) is 17.3 Å². The first kappa shape index (κ1) is 21.0. The van der Waals surface area contributed by atoms with Gasteiger partial charge in [-0.2, -0.15) is 5.26 Å². The van der Waals surface area contributed by atoms with Crippen molar-refractivity contribution in [2.24, 2.45) is 5.92 Å². The van der Waals surface area contributed by atoms with E-state index in [2.05, 4.69) is 64.8 Å². The van der Waals surface area contributed by atoms with E-state index in [1.54, 1.807) is 0 Å². The van der Waals surface area contributed by atoms with E-state index in [1.165, 1.54) is 42.2 Å². The van der Waals surface area contributed by atoms with Crippen molar-refractivity contribution >= 4 is 16.7 Å². The number of benzene rings is 1. The van der Waals surface area contributed by atoms with Crippen LogP contribution in [0.3, 0.4) is 0 Å². The molecule has 3 heterocycles. The maximum Gasteiger partial charge on any atom is 0.144 e. The molecule has 1 saturated carbocycles. The molecule has 0 radical (unpaired) electrons. The van der Waals surface area contributed by atoms with E-state index in [1.807, 2.05) is 6.92 Å². The highest BCUT2D eigenvalue weighted by Crippen LogP contribution is 2.40. The molecule has 166 valence electrons. The van der Waals surface area contributed by atoms with Crippen LogP contribution in [0.2, 0.25) is 0 Å². The normalized spacial score (nSPS) is 17.1. The fraction of sp³-hybridized carbons (Fsp3) is 0.481. The summed E-state index contributed by atoms with van der Waals surface area (Å²) in [6, 6.07) is 11.4. The molecule has 0 amide bonds. The molecule has 3 aromatic rings. The number of anilines is 1. The molecular formula is C27H33N5. The number of aromatic nitrogens is 2. The fourth-order valence-corrected chi connectivity index (χ4v) is 5.13. The summed E-state index contributed by atoms with van der Waals surface area (Å²) in [7, 11) is 0. The van der Waals surface area contributed by atoms with Gasteiger partial charge in [0.05, 0.1) is 5.69 Å². The molecule has 2 fully saturated rings. The van der Waals surface area contributed by atoms with E-state index < -0.39 is 0 Å². The number of hydrogen-bond donors (Lipinski definition) is 3. The topological polar surface area (TPSA) is 76.5 Å². The monoisotopic (exact) mass is 427 g/mol.